The fourth-order valence-corrected chi connectivity index (χ4v) is 2.27. The smallest absolute Gasteiger partial charge is 0.338 e. The van der Waals surface area contributed by atoms with E-state index in [1.165, 1.54) is 13.5 Å². The van der Waals surface area contributed by atoms with Gasteiger partial charge in [0.25, 0.3) is 0 Å². The predicted molar refractivity (Wildman–Crippen MR) is 69.9 cm³/mol. The van der Waals surface area contributed by atoms with E-state index in [1.807, 2.05) is 24.3 Å². The van der Waals surface area contributed by atoms with Gasteiger partial charge in [0.15, 0.2) is 0 Å². The van der Waals surface area contributed by atoms with Crippen molar-refractivity contribution in [1.29, 1.82) is 0 Å². The van der Waals surface area contributed by atoms with Gasteiger partial charge in [0.1, 0.15) is 0 Å². The van der Waals surface area contributed by atoms with Crippen molar-refractivity contribution in [3.8, 4) is 0 Å². The molecular weight excluding hydrogens is 238 g/mol. The van der Waals surface area contributed by atoms with E-state index < -0.39 is 0 Å². The van der Waals surface area contributed by atoms with E-state index >= 15 is 0 Å². The fraction of sp³-hybridized carbons (Fsp3) is 0.462. The Morgan fingerprint density at radius 2 is 2.18 bits per heavy atom. The molecule has 4 heteroatoms. The standard InChI is InChI=1S/C13H17NO2.ClH/c1-16-13(15)12-7-3-2-6-11(12)10-5-4-8-14-9-10;/h2-3,6-7,10,14H,4-5,8-9H2,1H3;1H/t10-;/m0./s1. The number of carbonyl (C=O) groups excluding carboxylic acids is 1. The van der Waals surface area contributed by atoms with Crippen molar-refractivity contribution in [1.82, 2.24) is 5.32 Å². The largest absolute Gasteiger partial charge is 0.465 e. The molecule has 0 aromatic heterocycles. The normalized spacial score (nSPS) is 19.2. The summed E-state index contributed by atoms with van der Waals surface area (Å²) in [4.78, 5) is 11.6. The highest BCUT2D eigenvalue weighted by Gasteiger charge is 2.20. The molecule has 0 saturated carbocycles. The number of methoxy groups -OCH3 is 1. The molecule has 0 spiro atoms. The van der Waals surface area contributed by atoms with Crippen molar-refractivity contribution >= 4 is 18.4 Å². The van der Waals surface area contributed by atoms with Crippen LogP contribution in [0.2, 0.25) is 0 Å². The van der Waals surface area contributed by atoms with Gasteiger partial charge in [0.05, 0.1) is 12.7 Å². The molecule has 1 aliphatic heterocycles. The molecule has 1 atom stereocenters. The zero-order valence-electron chi connectivity index (χ0n) is 9.94. The van der Waals surface area contributed by atoms with Gasteiger partial charge in [-0.15, -0.1) is 12.4 Å². The average molecular weight is 256 g/mol. The van der Waals surface area contributed by atoms with Crippen molar-refractivity contribution in [2.24, 2.45) is 0 Å². The summed E-state index contributed by atoms with van der Waals surface area (Å²) in [6, 6.07) is 7.74. The maximum atomic E-state index is 11.6. The monoisotopic (exact) mass is 255 g/mol. The number of esters is 1. The van der Waals surface area contributed by atoms with Gasteiger partial charge in [-0.25, -0.2) is 4.79 Å². The van der Waals surface area contributed by atoms with Crippen molar-refractivity contribution in [3.05, 3.63) is 35.4 Å². The van der Waals surface area contributed by atoms with Crippen molar-refractivity contribution in [2.45, 2.75) is 18.8 Å². The van der Waals surface area contributed by atoms with Crippen molar-refractivity contribution in [2.75, 3.05) is 20.2 Å². The molecule has 94 valence electrons. The summed E-state index contributed by atoms with van der Waals surface area (Å²) in [6.07, 6.45) is 2.31. The lowest BCUT2D eigenvalue weighted by Gasteiger charge is -2.24. The maximum absolute atomic E-state index is 11.6. The number of carbonyl (C=O) groups is 1. The van der Waals surface area contributed by atoms with Gasteiger partial charge in [0, 0.05) is 6.54 Å². The summed E-state index contributed by atoms with van der Waals surface area (Å²) in [5.41, 5.74) is 1.82. The lowest BCUT2D eigenvalue weighted by Crippen LogP contribution is -2.29. The molecular formula is C13H18ClNO2. The van der Waals surface area contributed by atoms with Gasteiger partial charge in [-0.3, -0.25) is 0 Å². The summed E-state index contributed by atoms with van der Waals surface area (Å²) < 4.78 is 4.81. The summed E-state index contributed by atoms with van der Waals surface area (Å²) in [5.74, 6) is 0.199. The summed E-state index contributed by atoms with van der Waals surface area (Å²) >= 11 is 0. The number of rotatable bonds is 2. The van der Waals surface area contributed by atoms with Gasteiger partial charge in [-0.2, -0.15) is 0 Å². The molecule has 3 nitrogen and oxygen atoms in total. The second-order valence-corrected chi connectivity index (χ2v) is 4.12. The maximum Gasteiger partial charge on any atom is 0.338 e. The van der Waals surface area contributed by atoms with Gasteiger partial charge < -0.3 is 10.1 Å². The molecule has 1 fully saturated rings. The quantitative estimate of drug-likeness (QED) is 0.825. The van der Waals surface area contributed by atoms with E-state index in [1.54, 1.807) is 0 Å². The molecule has 1 saturated heterocycles. The van der Waals surface area contributed by atoms with E-state index in [4.69, 9.17) is 4.74 Å². The van der Waals surface area contributed by atoms with Crippen LogP contribution in [0.25, 0.3) is 0 Å². The van der Waals surface area contributed by atoms with Crippen LogP contribution in [0.5, 0.6) is 0 Å². The first-order chi connectivity index (χ1) is 7.83. The number of piperidine rings is 1. The highest BCUT2D eigenvalue weighted by Crippen LogP contribution is 2.26. The first-order valence-electron chi connectivity index (χ1n) is 5.71. The third kappa shape index (κ3) is 3.20. The lowest BCUT2D eigenvalue weighted by atomic mass is 9.88. The number of hydrogen-bond donors (Lipinski definition) is 1. The van der Waals surface area contributed by atoms with Crippen LogP contribution in [0.1, 0.15) is 34.7 Å². The SMILES string of the molecule is COC(=O)c1ccccc1[C@H]1CCCNC1.Cl. The second-order valence-electron chi connectivity index (χ2n) is 4.12. The number of hydrogen-bond acceptors (Lipinski definition) is 3. The van der Waals surface area contributed by atoms with Crippen LogP contribution in [0.4, 0.5) is 0 Å². The Kier molecular flexibility index (Phi) is 5.45. The molecule has 0 amide bonds. The van der Waals surface area contributed by atoms with Gasteiger partial charge in [0.2, 0.25) is 0 Å². The lowest BCUT2D eigenvalue weighted by molar-refractivity contribution is 0.0598. The van der Waals surface area contributed by atoms with Crippen molar-refractivity contribution < 1.29 is 9.53 Å². The molecule has 0 unspecified atom stereocenters. The average Bonchev–Trinajstić information content (AvgIpc) is 2.39. The van der Waals surface area contributed by atoms with Crippen LogP contribution < -0.4 is 5.32 Å². The molecule has 0 bridgehead atoms. The van der Waals surface area contributed by atoms with Gasteiger partial charge in [-0.05, 0) is 36.9 Å². The Bertz CT molecular complexity index is 375. The van der Waals surface area contributed by atoms with Crippen LogP contribution in [-0.2, 0) is 4.74 Å². The second kappa shape index (κ2) is 6.62. The number of nitrogens with one attached hydrogen (secondary N) is 1. The topological polar surface area (TPSA) is 38.3 Å². The Labute approximate surface area is 108 Å². The Hall–Kier alpha value is -1.06. The van der Waals surface area contributed by atoms with E-state index in [2.05, 4.69) is 5.32 Å². The first-order valence-corrected chi connectivity index (χ1v) is 5.71. The molecule has 0 radical (unpaired) electrons. The number of benzene rings is 1. The molecule has 2 rings (SSSR count). The van der Waals surface area contributed by atoms with Crippen LogP contribution >= 0.6 is 12.4 Å². The third-order valence-electron chi connectivity index (χ3n) is 3.10. The van der Waals surface area contributed by atoms with Crippen LogP contribution in [0.15, 0.2) is 24.3 Å². The van der Waals surface area contributed by atoms with Crippen LogP contribution in [-0.4, -0.2) is 26.2 Å². The fourth-order valence-electron chi connectivity index (χ4n) is 2.27. The van der Waals surface area contributed by atoms with Crippen LogP contribution in [0.3, 0.4) is 0 Å². The first kappa shape index (κ1) is 14.0. The Morgan fingerprint density at radius 1 is 1.41 bits per heavy atom. The summed E-state index contributed by atoms with van der Waals surface area (Å²) in [7, 11) is 1.43. The van der Waals surface area contributed by atoms with Gasteiger partial charge >= 0.3 is 5.97 Å². The minimum atomic E-state index is -0.235. The predicted octanol–water partition coefficient (Wildman–Crippen LogP) is 2.36. The van der Waals surface area contributed by atoms with E-state index in [0.717, 1.165) is 25.1 Å². The van der Waals surface area contributed by atoms with Crippen molar-refractivity contribution in [3.63, 3.8) is 0 Å². The number of ether oxygens (including phenoxy) is 1. The molecule has 0 aliphatic carbocycles. The zero-order valence-corrected chi connectivity index (χ0v) is 10.8. The molecule has 1 aromatic rings. The highest BCUT2D eigenvalue weighted by atomic mass is 35.5. The molecule has 17 heavy (non-hydrogen) atoms. The third-order valence-corrected chi connectivity index (χ3v) is 3.10. The minimum absolute atomic E-state index is 0. The highest BCUT2D eigenvalue weighted by molar-refractivity contribution is 5.91. The Morgan fingerprint density at radius 3 is 2.82 bits per heavy atom. The molecule has 1 aliphatic rings. The molecule has 1 N–H and O–H groups in total. The molecule has 1 heterocycles. The zero-order chi connectivity index (χ0) is 11.4. The van der Waals surface area contributed by atoms with Crippen LogP contribution in [0, 0.1) is 0 Å². The van der Waals surface area contributed by atoms with E-state index in [0.29, 0.717) is 11.5 Å². The summed E-state index contributed by atoms with van der Waals surface area (Å²) in [5, 5.41) is 3.37. The Balaban J connectivity index is 0.00000144. The minimum Gasteiger partial charge on any atom is -0.465 e. The summed E-state index contributed by atoms with van der Waals surface area (Å²) in [6.45, 7) is 2.03. The molecule has 1 aromatic carbocycles. The number of halogens is 1. The van der Waals surface area contributed by atoms with E-state index in [9.17, 15) is 4.79 Å². The van der Waals surface area contributed by atoms with Gasteiger partial charge in [-0.1, -0.05) is 18.2 Å². The van der Waals surface area contributed by atoms with E-state index in [-0.39, 0.29) is 18.4 Å².